The zero-order valence-corrected chi connectivity index (χ0v) is 6.67. The number of hydrogen-bond acceptors (Lipinski definition) is 3. The molecular weight excluding hydrogens is 138 g/mol. The van der Waals surface area contributed by atoms with Crippen molar-refractivity contribution in [1.82, 2.24) is 4.98 Å². The third-order valence-corrected chi connectivity index (χ3v) is 1.36. The van der Waals surface area contributed by atoms with E-state index in [0.29, 0.717) is 6.54 Å². The highest BCUT2D eigenvalue weighted by atomic mass is 15.0. The molecule has 0 saturated carbocycles. The molecule has 1 aromatic rings. The fourth-order valence-corrected chi connectivity index (χ4v) is 0.773. The predicted molar refractivity (Wildman–Crippen MR) is 46.5 cm³/mol. The standard InChI is InChI=1S/C8H13N3/c1-7-2-3-8(11-6-7)10-5-4-9/h2-3,6H,4-5,9H2,1H3,(H,10,11). The Morgan fingerprint density at radius 2 is 2.36 bits per heavy atom. The number of hydrogen-bond donors (Lipinski definition) is 2. The first kappa shape index (κ1) is 8.01. The molecule has 1 heterocycles. The lowest BCUT2D eigenvalue weighted by atomic mass is 10.3. The van der Waals surface area contributed by atoms with Crippen LogP contribution in [0.5, 0.6) is 0 Å². The summed E-state index contributed by atoms with van der Waals surface area (Å²) in [5.41, 5.74) is 6.49. The van der Waals surface area contributed by atoms with Crippen LogP contribution in [-0.4, -0.2) is 18.1 Å². The van der Waals surface area contributed by atoms with E-state index in [0.717, 1.165) is 12.4 Å². The van der Waals surface area contributed by atoms with Gasteiger partial charge in [0.15, 0.2) is 0 Å². The molecule has 0 bridgehead atoms. The molecule has 1 rings (SSSR count). The Morgan fingerprint density at radius 1 is 1.55 bits per heavy atom. The molecule has 0 unspecified atom stereocenters. The van der Waals surface area contributed by atoms with Gasteiger partial charge in [0.05, 0.1) is 0 Å². The molecule has 0 atom stereocenters. The Labute approximate surface area is 66.6 Å². The van der Waals surface area contributed by atoms with Crippen molar-refractivity contribution < 1.29 is 0 Å². The first-order chi connectivity index (χ1) is 5.33. The number of anilines is 1. The number of nitrogens with one attached hydrogen (secondary N) is 1. The van der Waals surface area contributed by atoms with Crippen molar-refractivity contribution in [2.75, 3.05) is 18.4 Å². The van der Waals surface area contributed by atoms with Gasteiger partial charge in [-0.05, 0) is 18.6 Å². The number of aromatic nitrogens is 1. The summed E-state index contributed by atoms with van der Waals surface area (Å²) in [4.78, 5) is 4.15. The van der Waals surface area contributed by atoms with Gasteiger partial charge in [-0.15, -0.1) is 0 Å². The Hall–Kier alpha value is -1.09. The topological polar surface area (TPSA) is 50.9 Å². The smallest absolute Gasteiger partial charge is 0.125 e. The molecule has 0 spiro atoms. The second-order valence-electron chi connectivity index (χ2n) is 2.44. The fourth-order valence-electron chi connectivity index (χ4n) is 0.773. The van der Waals surface area contributed by atoms with Crippen LogP contribution in [0.3, 0.4) is 0 Å². The lowest BCUT2D eigenvalue weighted by Crippen LogP contribution is -2.13. The van der Waals surface area contributed by atoms with Crippen LogP contribution in [0.25, 0.3) is 0 Å². The Kier molecular flexibility index (Phi) is 2.86. The van der Waals surface area contributed by atoms with Gasteiger partial charge >= 0.3 is 0 Å². The Balaban J connectivity index is 2.52. The van der Waals surface area contributed by atoms with E-state index < -0.39 is 0 Å². The molecule has 0 aliphatic rings. The van der Waals surface area contributed by atoms with Crippen LogP contribution in [0.4, 0.5) is 5.82 Å². The monoisotopic (exact) mass is 151 g/mol. The van der Waals surface area contributed by atoms with Crippen molar-refractivity contribution in [3.05, 3.63) is 23.9 Å². The first-order valence-electron chi connectivity index (χ1n) is 3.69. The summed E-state index contributed by atoms with van der Waals surface area (Å²) in [7, 11) is 0. The molecule has 3 N–H and O–H groups in total. The molecule has 1 aromatic heterocycles. The van der Waals surface area contributed by atoms with Crippen LogP contribution < -0.4 is 11.1 Å². The van der Waals surface area contributed by atoms with Crippen molar-refractivity contribution in [1.29, 1.82) is 0 Å². The number of nitrogens with two attached hydrogens (primary N) is 1. The maximum Gasteiger partial charge on any atom is 0.125 e. The van der Waals surface area contributed by atoms with Gasteiger partial charge in [-0.1, -0.05) is 6.07 Å². The lowest BCUT2D eigenvalue weighted by Gasteiger charge is -2.02. The summed E-state index contributed by atoms with van der Waals surface area (Å²) in [5, 5.41) is 3.09. The first-order valence-corrected chi connectivity index (χ1v) is 3.69. The van der Waals surface area contributed by atoms with E-state index in [1.807, 2.05) is 25.3 Å². The van der Waals surface area contributed by atoms with Crippen molar-refractivity contribution in [2.24, 2.45) is 5.73 Å². The molecule has 0 amide bonds. The highest BCUT2D eigenvalue weighted by Crippen LogP contribution is 2.02. The van der Waals surface area contributed by atoms with Gasteiger partial charge in [-0.25, -0.2) is 4.98 Å². The predicted octanol–water partition coefficient (Wildman–Crippen LogP) is 0.761. The zero-order chi connectivity index (χ0) is 8.10. The molecule has 0 aromatic carbocycles. The minimum atomic E-state index is 0.634. The third-order valence-electron chi connectivity index (χ3n) is 1.36. The summed E-state index contributed by atoms with van der Waals surface area (Å²) in [5.74, 6) is 0.890. The molecule has 0 aliphatic heterocycles. The van der Waals surface area contributed by atoms with Crippen molar-refractivity contribution >= 4 is 5.82 Å². The Bertz CT molecular complexity index is 205. The van der Waals surface area contributed by atoms with E-state index in [-0.39, 0.29) is 0 Å². The molecule has 3 nitrogen and oxygen atoms in total. The van der Waals surface area contributed by atoms with Crippen LogP contribution in [0.1, 0.15) is 5.56 Å². The maximum atomic E-state index is 5.32. The largest absolute Gasteiger partial charge is 0.369 e. The van der Waals surface area contributed by atoms with Gasteiger partial charge < -0.3 is 11.1 Å². The molecular formula is C8H13N3. The van der Waals surface area contributed by atoms with E-state index in [2.05, 4.69) is 10.3 Å². The highest BCUT2D eigenvalue weighted by molar-refractivity contribution is 5.34. The van der Waals surface area contributed by atoms with Crippen molar-refractivity contribution in [2.45, 2.75) is 6.92 Å². The van der Waals surface area contributed by atoms with Gasteiger partial charge in [-0.3, -0.25) is 0 Å². The van der Waals surface area contributed by atoms with Gasteiger partial charge in [-0.2, -0.15) is 0 Å². The summed E-state index contributed by atoms with van der Waals surface area (Å²) in [6, 6.07) is 3.97. The van der Waals surface area contributed by atoms with Crippen molar-refractivity contribution in [3.63, 3.8) is 0 Å². The Morgan fingerprint density at radius 3 is 2.91 bits per heavy atom. The van der Waals surface area contributed by atoms with Crippen LogP contribution in [0.15, 0.2) is 18.3 Å². The molecule has 0 aliphatic carbocycles. The molecule has 3 heteroatoms. The average Bonchev–Trinajstić information content (AvgIpc) is 2.04. The van der Waals surface area contributed by atoms with E-state index in [1.165, 1.54) is 5.56 Å². The quantitative estimate of drug-likeness (QED) is 0.670. The number of pyridine rings is 1. The van der Waals surface area contributed by atoms with Crippen LogP contribution in [-0.2, 0) is 0 Å². The van der Waals surface area contributed by atoms with E-state index in [1.54, 1.807) is 0 Å². The summed E-state index contributed by atoms with van der Waals surface area (Å²) < 4.78 is 0. The third kappa shape index (κ3) is 2.55. The highest BCUT2D eigenvalue weighted by Gasteiger charge is 1.89. The van der Waals surface area contributed by atoms with Gasteiger partial charge in [0.25, 0.3) is 0 Å². The normalized spacial score (nSPS) is 9.64. The number of rotatable bonds is 3. The van der Waals surface area contributed by atoms with Gasteiger partial charge in [0, 0.05) is 19.3 Å². The molecule has 0 fully saturated rings. The molecule has 11 heavy (non-hydrogen) atoms. The maximum absolute atomic E-state index is 5.32. The SMILES string of the molecule is Cc1ccc(NCCN)nc1. The molecule has 60 valence electrons. The second-order valence-corrected chi connectivity index (χ2v) is 2.44. The summed E-state index contributed by atoms with van der Waals surface area (Å²) in [6.45, 7) is 3.42. The molecule has 0 radical (unpaired) electrons. The summed E-state index contributed by atoms with van der Waals surface area (Å²) in [6.07, 6.45) is 1.83. The number of aryl methyl sites for hydroxylation is 1. The van der Waals surface area contributed by atoms with E-state index in [9.17, 15) is 0 Å². The second kappa shape index (κ2) is 3.93. The fraction of sp³-hybridized carbons (Fsp3) is 0.375. The van der Waals surface area contributed by atoms with Crippen LogP contribution in [0, 0.1) is 6.92 Å². The minimum Gasteiger partial charge on any atom is -0.369 e. The van der Waals surface area contributed by atoms with E-state index >= 15 is 0 Å². The zero-order valence-electron chi connectivity index (χ0n) is 6.67. The van der Waals surface area contributed by atoms with Crippen molar-refractivity contribution in [3.8, 4) is 0 Å². The number of nitrogens with zero attached hydrogens (tertiary/aromatic N) is 1. The minimum absolute atomic E-state index is 0.634. The van der Waals surface area contributed by atoms with E-state index in [4.69, 9.17) is 5.73 Å². The van der Waals surface area contributed by atoms with Gasteiger partial charge in [0.2, 0.25) is 0 Å². The molecule has 0 saturated heterocycles. The van der Waals surface area contributed by atoms with Gasteiger partial charge in [0.1, 0.15) is 5.82 Å². The average molecular weight is 151 g/mol. The van der Waals surface area contributed by atoms with Crippen LogP contribution >= 0.6 is 0 Å². The lowest BCUT2D eigenvalue weighted by molar-refractivity contribution is 1.01. The summed E-state index contributed by atoms with van der Waals surface area (Å²) >= 11 is 0. The van der Waals surface area contributed by atoms with Crippen LogP contribution in [0.2, 0.25) is 0 Å².